The maximum Gasteiger partial charge on any atom is 0.148 e. The summed E-state index contributed by atoms with van der Waals surface area (Å²) in [5.41, 5.74) is 1.47. The Hall–Kier alpha value is -0.960. The average molecular weight is 303 g/mol. The minimum atomic E-state index is 0.241. The lowest BCUT2D eigenvalue weighted by Gasteiger charge is -2.07. The van der Waals surface area contributed by atoms with Crippen molar-refractivity contribution >= 4 is 34.8 Å². The van der Waals surface area contributed by atoms with Crippen LogP contribution < -0.4 is 4.74 Å². The molecule has 0 radical (unpaired) electrons. The molecule has 2 aromatic rings. The third kappa shape index (κ3) is 2.89. The van der Waals surface area contributed by atoms with E-state index >= 15 is 0 Å². The predicted molar refractivity (Wildman–Crippen MR) is 75.9 cm³/mol. The van der Waals surface area contributed by atoms with Gasteiger partial charge in [0.1, 0.15) is 10.9 Å². The van der Waals surface area contributed by atoms with Crippen molar-refractivity contribution in [2.75, 3.05) is 6.61 Å². The van der Waals surface area contributed by atoms with Gasteiger partial charge in [-0.05, 0) is 37.3 Å². The standard InChI is InChI=1S/C13H10Cl3NO/c1-2-18-9-5-3-8(4-6-9)12-10(14)7-11(15)13(16)17-12/h3-7H,2H2,1H3. The van der Waals surface area contributed by atoms with Crippen LogP contribution in [0.1, 0.15) is 6.92 Å². The van der Waals surface area contributed by atoms with E-state index in [1.54, 1.807) is 6.07 Å². The summed E-state index contributed by atoms with van der Waals surface area (Å²) in [5, 5.41) is 1.05. The van der Waals surface area contributed by atoms with Crippen molar-refractivity contribution in [1.29, 1.82) is 0 Å². The van der Waals surface area contributed by atoms with Gasteiger partial charge in [-0.15, -0.1) is 0 Å². The van der Waals surface area contributed by atoms with Crippen LogP contribution in [0.4, 0.5) is 0 Å². The minimum Gasteiger partial charge on any atom is -0.494 e. The molecule has 0 spiro atoms. The lowest BCUT2D eigenvalue weighted by atomic mass is 10.1. The third-order valence-electron chi connectivity index (χ3n) is 2.33. The molecule has 2 nitrogen and oxygen atoms in total. The van der Waals surface area contributed by atoms with Crippen molar-refractivity contribution < 1.29 is 4.74 Å². The molecule has 1 aromatic heterocycles. The van der Waals surface area contributed by atoms with E-state index in [2.05, 4.69) is 4.98 Å². The number of hydrogen-bond acceptors (Lipinski definition) is 2. The van der Waals surface area contributed by atoms with Gasteiger partial charge in [-0.25, -0.2) is 4.98 Å². The Kier molecular flexibility index (Phi) is 4.33. The van der Waals surface area contributed by atoms with Crippen molar-refractivity contribution in [3.63, 3.8) is 0 Å². The van der Waals surface area contributed by atoms with Crippen molar-refractivity contribution in [3.05, 3.63) is 45.5 Å². The van der Waals surface area contributed by atoms with Crippen LogP contribution in [0.5, 0.6) is 5.75 Å². The van der Waals surface area contributed by atoms with Gasteiger partial charge in [0.15, 0.2) is 0 Å². The zero-order chi connectivity index (χ0) is 13.1. The van der Waals surface area contributed by atoms with Crippen molar-refractivity contribution in [2.24, 2.45) is 0 Å². The summed E-state index contributed by atoms with van der Waals surface area (Å²) in [6, 6.07) is 9.07. The highest BCUT2D eigenvalue weighted by Crippen LogP contribution is 2.32. The largest absolute Gasteiger partial charge is 0.494 e. The summed E-state index contributed by atoms with van der Waals surface area (Å²) in [6.45, 7) is 2.57. The number of rotatable bonds is 3. The fraction of sp³-hybridized carbons (Fsp3) is 0.154. The molecule has 0 bridgehead atoms. The lowest BCUT2D eigenvalue weighted by Crippen LogP contribution is -1.91. The molecule has 1 heterocycles. The number of aromatic nitrogens is 1. The second kappa shape index (κ2) is 5.79. The maximum absolute atomic E-state index is 6.10. The number of pyridine rings is 1. The summed E-state index contributed by atoms with van der Waals surface area (Å²) in [6.07, 6.45) is 0. The normalized spacial score (nSPS) is 10.4. The van der Waals surface area contributed by atoms with Crippen molar-refractivity contribution in [3.8, 4) is 17.0 Å². The molecule has 1 aromatic carbocycles. The molecular formula is C13H10Cl3NO. The zero-order valence-electron chi connectivity index (χ0n) is 9.58. The van der Waals surface area contributed by atoms with Crippen LogP contribution in [0.3, 0.4) is 0 Å². The van der Waals surface area contributed by atoms with Crippen molar-refractivity contribution in [2.45, 2.75) is 6.92 Å². The van der Waals surface area contributed by atoms with Gasteiger partial charge in [0.05, 0.1) is 22.3 Å². The number of nitrogens with zero attached hydrogens (tertiary/aromatic N) is 1. The fourth-order valence-corrected chi connectivity index (χ4v) is 2.13. The Morgan fingerprint density at radius 1 is 1.06 bits per heavy atom. The Balaban J connectivity index is 2.39. The van der Waals surface area contributed by atoms with E-state index < -0.39 is 0 Å². The Labute approximate surface area is 120 Å². The predicted octanol–water partition coefficient (Wildman–Crippen LogP) is 5.11. The van der Waals surface area contributed by atoms with E-state index in [9.17, 15) is 0 Å². The summed E-state index contributed by atoms with van der Waals surface area (Å²) in [5.74, 6) is 0.803. The van der Waals surface area contributed by atoms with Gasteiger partial charge in [-0.1, -0.05) is 34.8 Å². The maximum atomic E-state index is 6.10. The Bertz CT molecular complexity index is 555. The summed E-state index contributed by atoms with van der Waals surface area (Å²) in [4.78, 5) is 4.18. The second-order valence-corrected chi connectivity index (χ2v) is 4.72. The van der Waals surface area contributed by atoms with Gasteiger partial charge in [0.25, 0.3) is 0 Å². The molecule has 0 unspecified atom stereocenters. The van der Waals surface area contributed by atoms with E-state index in [1.165, 1.54) is 0 Å². The lowest BCUT2D eigenvalue weighted by molar-refractivity contribution is 0.340. The van der Waals surface area contributed by atoms with E-state index in [0.717, 1.165) is 11.3 Å². The molecule has 0 aliphatic rings. The second-order valence-electron chi connectivity index (χ2n) is 3.55. The zero-order valence-corrected chi connectivity index (χ0v) is 11.9. The van der Waals surface area contributed by atoms with E-state index in [0.29, 0.717) is 22.3 Å². The van der Waals surface area contributed by atoms with Crippen molar-refractivity contribution in [1.82, 2.24) is 4.98 Å². The van der Waals surface area contributed by atoms with E-state index in [1.807, 2.05) is 31.2 Å². The van der Waals surface area contributed by atoms with E-state index in [4.69, 9.17) is 39.5 Å². The molecule has 94 valence electrons. The van der Waals surface area contributed by atoms with Gasteiger partial charge < -0.3 is 4.74 Å². The van der Waals surface area contributed by atoms with Crippen LogP contribution >= 0.6 is 34.8 Å². The summed E-state index contributed by atoms with van der Waals surface area (Å²) >= 11 is 17.8. The molecule has 5 heteroatoms. The van der Waals surface area contributed by atoms with Crippen LogP contribution in [-0.4, -0.2) is 11.6 Å². The first-order chi connectivity index (χ1) is 8.61. The highest BCUT2D eigenvalue weighted by atomic mass is 35.5. The van der Waals surface area contributed by atoms with Crippen LogP contribution in [0, 0.1) is 0 Å². The van der Waals surface area contributed by atoms with Crippen LogP contribution in [0.2, 0.25) is 15.2 Å². The highest BCUT2D eigenvalue weighted by molar-refractivity contribution is 6.42. The monoisotopic (exact) mass is 301 g/mol. The molecule has 2 rings (SSSR count). The Morgan fingerprint density at radius 2 is 1.72 bits per heavy atom. The highest BCUT2D eigenvalue weighted by Gasteiger charge is 2.09. The first-order valence-electron chi connectivity index (χ1n) is 5.36. The summed E-state index contributed by atoms with van der Waals surface area (Å²) in [7, 11) is 0. The summed E-state index contributed by atoms with van der Waals surface area (Å²) < 4.78 is 5.37. The molecular weight excluding hydrogens is 293 g/mol. The topological polar surface area (TPSA) is 22.1 Å². The van der Waals surface area contributed by atoms with E-state index in [-0.39, 0.29) is 5.15 Å². The Morgan fingerprint density at radius 3 is 2.33 bits per heavy atom. The quantitative estimate of drug-likeness (QED) is 0.735. The molecule has 0 saturated heterocycles. The first kappa shape index (κ1) is 13.5. The van der Waals surface area contributed by atoms with Crippen LogP contribution in [0.15, 0.2) is 30.3 Å². The average Bonchev–Trinajstić information content (AvgIpc) is 2.35. The number of halogens is 3. The van der Waals surface area contributed by atoms with Crippen LogP contribution in [-0.2, 0) is 0 Å². The number of ether oxygens (including phenoxy) is 1. The molecule has 0 N–H and O–H groups in total. The molecule has 0 fully saturated rings. The molecule has 0 atom stereocenters. The van der Waals surface area contributed by atoms with Gasteiger partial charge in [0, 0.05) is 5.56 Å². The van der Waals surface area contributed by atoms with Gasteiger partial charge in [-0.2, -0.15) is 0 Å². The SMILES string of the molecule is CCOc1ccc(-c2nc(Cl)c(Cl)cc2Cl)cc1. The third-order valence-corrected chi connectivity index (χ3v) is 3.29. The molecule has 0 aliphatic heterocycles. The minimum absolute atomic E-state index is 0.241. The number of hydrogen-bond donors (Lipinski definition) is 0. The fourth-order valence-electron chi connectivity index (χ4n) is 1.52. The molecule has 0 saturated carbocycles. The van der Waals surface area contributed by atoms with Crippen LogP contribution in [0.25, 0.3) is 11.3 Å². The molecule has 0 aliphatic carbocycles. The number of benzene rings is 1. The van der Waals surface area contributed by atoms with Gasteiger partial charge in [-0.3, -0.25) is 0 Å². The molecule has 18 heavy (non-hydrogen) atoms. The smallest absolute Gasteiger partial charge is 0.148 e. The van der Waals surface area contributed by atoms with Gasteiger partial charge in [0.2, 0.25) is 0 Å². The first-order valence-corrected chi connectivity index (χ1v) is 6.50. The van der Waals surface area contributed by atoms with Gasteiger partial charge >= 0.3 is 0 Å². The molecule has 0 amide bonds.